The van der Waals surface area contributed by atoms with Gasteiger partial charge in [0.2, 0.25) is 0 Å². The van der Waals surface area contributed by atoms with Crippen molar-refractivity contribution in [1.29, 1.82) is 0 Å². The standard InChI is InChI=1S/C17H12Cl2N4O3/c18-10-2-3-11(12(19)6-10)13-7-14(22-21-13)17(26)23-20-8-9-1-4-15(24)16(25)5-9/h1-8,24-25H,(H,21,22)(H,23,26)/b20-8+. The van der Waals surface area contributed by atoms with Crippen molar-refractivity contribution in [3.8, 4) is 22.8 Å². The van der Waals surface area contributed by atoms with E-state index in [1.54, 1.807) is 18.2 Å². The molecule has 4 N–H and O–H groups in total. The fourth-order valence-electron chi connectivity index (χ4n) is 2.12. The maximum atomic E-state index is 12.1. The Labute approximate surface area is 157 Å². The molecule has 7 nitrogen and oxygen atoms in total. The van der Waals surface area contributed by atoms with Crippen molar-refractivity contribution in [3.63, 3.8) is 0 Å². The van der Waals surface area contributed by atoms with Crippen molar-refractivity contribution >= 4 is 35.3 Å². The van der Waals surface area contributed by atoms with Crippen molar-refractivity contribution in [2.45, 2.75) is 0 Å². The van der Waals surface area contributed by atoms with Crippen LogP contribution < -0.4 is 5.43 Å². The smallest absolute Gasteiger partial charge is 0.289 e. The number of nitrogens with zero attached hydrogens (tertiary/aromatic N) is 2. The molecule has 0 saturated carbocycles. The fourth-order valence-corrected chi connectivity index (χ4v) is 2.62. The number of amides is 1. The first-order valence-corrected chi connectivity index (χ1v) is 8.06. The number of rotatable bonds is 4. The average molecular weight is 391 g/mol. The predicted molar refractivity (Wildman–Crippen MR) is 98.9 cm³/mol. The average Bonchev–Trinajstić information content (AvgIpc) is 3.08. The van der Waals surface area contributed by atoms with Crippen LogP contribution in [0.25, 0.3) is 11.3 Å². The molecule has 26 heavy (non-hydrogen) atoms. The third-order valence-corrected chi connectivity index (χ3v) is 3.96. The first-order valence-electron chi connectivity index (χ1n) is 7.30. The molecule has 0 fully saturated rings. The lowest BCUT2D eigenvalue weighted by atomic mass is 10.1. The predicted octanol–water partition coefficient (Wildman–Crippen LogP) is 3.56. The summed E-state index contributed by atoms with van der Waals surface area (Å²) in [6, 6.07) is 10.7. The molecule has 2 aromatic carbocycles. The SMILES string of the molecule is O=C(N/N=C/c1ccc(O)c(O)c1)c1cc(-c2ccc(Cl)cc2Cl)n[nH]1. The van der Waals surface area contributed by atoms with Gasteiger partial charge in [0, 0.05) is 10.6 Å². The van der Waals surface area contributed by atoms with Gasteiger partial charge in [-0.05, 0) is 48.0 Å². The number of phenolic OH excluding ortho intramolecular Hbond substituents is 2. The van der Waals surface area contributed by atoms with E-state index in [0.717, 1.165) is 0 Å². The van der Waals surface area contributed by atoms with Crippen LogP contribution in [0.4, 0.5) is 0 Å². The monoisotopic (exact) mass is 390 g/mol. The quantitative estimate of drug-likeness (QED) is 0.310. The summed E-state index contributed by atoms with van der Waals surface area (Å²) < 4.78 is 0. The van der Waals surface area contributed by atoms with E-state index in [-0.39, 0.29) is 17.2 Å². The number of aromatic amines is 1. The summed E-state index contributed by atoms with van der Waals surface area (Å²) in [5.41, 5.74) is 4.15. The molecule has 1 aromatic heterocycles. The Balaban J connectivity index is 1.70. The van der Waals surface area contributed by atoms with E-state index in [1.165, 1.54) is 30.5 Å². The number of aromatic hydroxyl groups is 2. The summed E-state index contributed by atoms with van der Waals surface area (Å²) in [6.07, 6.45) is 1.32. The molecule has 1 heterocycles. The second-order valence-electron chi connectivity index (χ2n) is 5.24. The van der Waals surface area contributed by atoms with Gasteiger partial charge in [0.1, 0.15) is 5.69 Å². The molecule has 0 aliphatic rings. The number of hydrogen-bond donors (Lipinski definition) is 4. The molecule has 0 atom stereocenters. The number of phenols is 2. The van der Waals surface area contributed by atoms with Gasteiger partial charge in [-0.3, -0.25) is 9.89 Å². The van der Waals surface area contributed by atoms with Gasteiger partial charge in [0.05, 0.1) is 16.9 Å². The Morgan fingerprint density at radius 2 is 1.92 bits per heavy atom. The highest BCUT2D eigenvalue weighted by molar-refractivity contribution is 6.36. The van der Waals surface area contributed by atoms with Crippen LogP contribution in [0, 0.1) is 0 Å². The van der Waals surface area contributed by atoms with Gasteiger partial charge in [-0.2, -0.15) is 10.2 Å². The zero-order valence-electron chi connectivity index (χ0n) is 13.1. The van der Waals surface area contributed by atoms with Crippen molar-refractivity contribution in [2.75, 3.05) is 0 Å². The zero-order chi connectivity index (χ0) is 18.7. The number of carbonyl (C=O) groups excluding carboxylic acids is 1. The van der Waals surface area contributed by atoms with Crippen molar-refractivity contribution in [1.82, 2.24) is 15.6 Å². The van der Waals surface area contributed by atoms with Crippen molar-refractivity contribution < 1.29 is 15.0 Å². The van der Waals surface area contributed by atoms with E-state index < -0.39 is 5.91 Å². The van der Waals surface area contributed by atoms with E-state index in [4.69, 9.17) is 23.2 Å². The Bertz CT molecular complexity index is 1000. The minimum Gasteiger partial charge on any atom is -0.504 e. The van der Waals surface area contributed by atoms with Crippen molar-refractivity contribution in [2.24, 2.45) is 5.10 Å². The molecule has 0 aliphatic carbocycles. The van der Waals surface area contributed by atoms with Gasteiger partial charge >= 0.3 is 0 Å². The number of halogens is 2. The first kappa shape index (κ1) is 17.8. The minimum absolute atomic E-state index is 0.191. The van der Waals surface area contributed by atoms with Crippen LogP contribution in [0.15, 0.2) is 47.6 Å². The van der Waals surface area contributed by atoms with E-state index in [9.17, 15) is 15.0 Å². The van der Waals surface area contributed by atoms with Crippen LogP contribution in [-0.2, 0) is 0 Å². The molecular formula is C17H12Cl2N4O3. The van der Waals surface area contributed by atoms with Crippen LogP contribution in [0.5, 0.6) is 11.5 Å². The fraction of sp³-hybridized carbons (Fsp3) is 0. The normalized spacial score (nSPS) is 11.0. The lowest BCUT2D eigenvalue weighted by Gasteiger charge is -2.00. The van der Waals surface area contributed by atoms with E-state index in [1.807, 2.05) is 0 Å². The molecule has 9 heteroatoms. The number of benzene rings is 2. The van der Waals surface area contributed by atoms with Gasteiger partial charge < -0.3 is 10.2 Å². The molecule has 0 unspecified atom stereocenters. The third kappa shape index (κ3) is 3.96. The molecule has 3 rings (SSSR count). The van der Waals surface area contributed by atoms with E-state index in [2.05, 4.69) is 20.7 Å². The maximum absolute atomic E-state index is 12.1. The summed E-state index contributed by atoms with van der Waals surface area (Å²) in [7, 11) is 0. The Morgan fingerprint density at radius 1 is 1.12 bits per heavy atom. The molecule has 132 valence electrons. The van der Waals surface area contributed by atoms with Gasteiger partial charge in [-0.15, -0.1) is 0 Å². The van der Waals surface area contributed by atoms with Crippen LogP contribution in [0.2, 0.25) is 10.0 Å². The number of aromatic nitrogens is 2. The third-order valence-electron chi connectivity index (χ3n) is 3.41. The van der Waals surface area contributed by atoms with E-state index >= 15 is 0 Å². The summed E-state index contributed by atoms with van der Waals surface area (Å²) >= 11 is 12.0. The summed E-state index contributed by atoms with van der Waals surface area (Å²) in [5.74, 6) is -1.02. The molecule has 0 radical (unpaired) electrons. The number of nitrogens with one attached hydrogen (secondary N) is 2. The Kier molecular flexibility index (Phi) is 5.11. The minimum atomic E-state index is -0.506. The zero-order valence-corrected chi connectivity index (χ0v) is 14.6. The molecule has 0 spiro atoms. The van der Waals surface area contributed by atoms with Crippen molar-refractivity contribution in [3.05, 3.63) is 63.8 Å². The molecule has 1 amide bonds. The van der Waals surface area contributed by atoms with Crippen LogP contribution >= 0.6 is 23.2 Å². The van der Waals surface area contributed by atoms with Gasteiger partial charge in [-0.25, -0.2) is 5.43 Å². The van der Waals surface area contributed by atoms with Gasteiger partial charge in [0.25, 0.3) is 5.91 Å². The molecule has 3 aromatic rings. The summed E-state index contributed by atoms with van der Waals surface area (Å²) in [4.78, 5) is 12.1. The lowest BCUT2D eigenvalue weighted by molar-refractivity contribution is 0.0950. The summed E-state index contributed by atoms with van der Waals surface area (Å²) in [6.45, 7) is 0. The molecule has 0 aliphatic heterocycles. The lowest BCUT2D eigenvalue weighted by Crippen LogP contribution is -2.17. The highest BCUT2D eigenvalue weighted by Crippen LogP contribution is 2.29. The van der Waals surface area contributed by atoms with Crippen LogP contribution in [0.3, 0.4) is 0 Å². The topological polar surface area (TPSA) is 111 Å². The van der Waals surface area contributed by atoms with E-state index in [0.29, 0.717) is 26.9 Å². The highest BCUT2D eigenvalue weighted by Gasteiger charge is 2.12. The maximum Gasteiger partial charge on any atom is 0.289 e. The largest absolute Gasteiger partial charge is 0.504 e. The number of carbonyl (C=O) groups is 1. The number of hydrazone groups is 1. The molecular weight excluding hydrogens is 379 g/mol. The van der Waals surface area contributed by atoms with Crippen LogP contribution in [0.1, 0.15) is 16.1 Å². The van der Waals surface area contributed by atoms with Gasteiger partial charge in [-0.1, -0.05) is 23.2 Å². The number of H-pyrrole nitrogens is 1. The number of hydrogen-bond acceptors (Lipinski definition) is 5. The Morgan fingerprint density at radius 3 is 2.65 bits per heavy atom. The second-order valence-corrected chi connectivity index (χ2v) is 6.08. The van der Waals surface area contributed by atoms with Crippen LogP contribution in [-0.4, -0.2) is 32.5 Å². The highest BCUT2D eigenvalue weighted by atomic mass is 35.5. The Hall–Kier alpha value is -3.03. The second kappa shape index (κ2) is 7.47. The molecule has 0 bridgehead atoms. The van der Waals surface area contributed by atoms with Gasteiger partial charge in [0.15, 0.2) is 11.5 Å². The summed E-state index contributed by atoms with van der Waals surface area (Å²) in [5, 5.41) is 30.0. The first-order chi connectivity index (χ1) is 12.4. The molecule has 0 saturated heterocycles.